The molecule has 0 saturated carbocycles. The van der Waals surface area contributed by atoms with Crippen LogP contribution >= 0.6 is 11.3 Å². The maximum atomic E-state index is 12.5. The Balaban J connectivity index is 1.58. The molecule has 1 amide bonds. The van der Waals surface area contributed by atoms with E-state index in [2.05, 4.69) is 15.3 Å². The summed E-state index contributed by atoms with van der Waals surface area (Å²) in [6, 6.07) is 5.03. The number of pyridine rings is 1. The van der Waals surface area contributed by atoms with Crippen LogP contribution in [0.25, 0.3) is 5.65 Å². The lowest BCUT2D eigenvalue weighted by molar-refractivity contribution is 0.0937. The monoisotopic (exact) mass is 354 g/mol. The molecular weight excluding hydrogens is 336 g/mol. The molecule has 0 bridgehead atoms. The van der Waals surface area contributed by atoms with Crippen LogP contribution in [0.5, 0.6) is 0 Å². The third-order valence-electron chi connectivity index (χ3n) is 4.44. The zero-order valence-corrected chi connectivity index (χ0v) is 14.7. The van der Waals surface area contributed by atoms with Gasteiger partial charge >= 0.3 is 0 Å². The minimum absolute atomic E-state index is 0.0388. The minimum atomic E-state index is -0.420. The van der Waals surface area contributed by atoms with E-state index in [1.165, 1.54) is 34.0 Å². The summed E-state index contributed by atoms with van der Waals surface area (Å²) < 4.78 is 1.38. The molecule has 0 radical (unpaired) electrons. The average molecular weight is 354 g/mol. The molecule has 1 aliphatic carbocycles. The average Bonchev–Trinajstić information content (AvgIpc) is 3.06. The molecule has 0 aliphatic heterocycles. The van der Waals surface area contributed by atoms with Crippen molar-refractivity contribution in [3.05, 3.63) is 62.1 Å². The van der Waals surface area contributed by atoms with Crippen molar-refractivity contribution in [3.8, 4) is 0 Å². The molecule has 6 nitrogen and oxygen atoms in total. The fourth-order valence-electron chi connectivity index (χ4n) is 3.08. The van der Waals surface area contributed by atoms with Crippen LogP contribution in [0.4, 0.5) is 0 Å². The van der Waals surface area contributed by atoms with Gasteiger partial charge in [0.2, 0.25) is 0 Å². The SMILES string of the molecule is C[C@H](NC(=O)c1cnc2ccccn2c1=O)c1nc2c(s1)CCCC2. The first kappa shape index (κ1) is 16.0. The molecule has 4 rings (SSSR count). The van der Waals surface area contributed by atoms with Crippen LogP contribution < -0.4 is 10.9 Å². The Morgan fingerprint density at radius 2 is 2.16 bits per heavy atom. The van der Waals surface area contributed by atoms with Crippen molar-refractivity contribution >= 4 is 22.9 Å². The van der Waals surface area contributed by atoms with E-state index in [0.717, 1.165) is 17.8 Å². The van der Waals surface area contributed by atoms with Gasteiger partial charge in [-0.1, -0.05) is 6.07 Å². The second kappa shape index (κ2) is 6.40. The van der Waals surface area contributed by atoms with Crippen LogP contribution in [-0.4, -0.2) is 20.3 Å². The summed E-state index contributed by atoms with van der Waals surface area (Å²) in [5.74, 6) is -0.420. The molecular formula is C18H18N4O2S. The topological polar surface area (TPSA) is 76.4 Å². The lowest BCUT2D eigenvalue weighted by atomic mass is 10.0. The van der Waals surface area contributed by atoms with Crippen molar-refractivity contribution in [2.24, 2.45) is 0 Å². The predicted molar refractivity (Wildman–Crippen MR) is 96.1 cm³/mol. The highest BCUT2D eigenvalue weighted by Gasteiger charge is 2.21. The molecule has 3 aromatic rings. The molecule has 1 aliphatic rings. The van der Waals surface area contributed by atoms with Gasteiger partial charge in [-0.2, -0.15) is 0 Å². The standard InChI is InChI=1S/C18H18N4O2S/c1-11(17-21-13-6-2-3-7-14(13)25-17)20-16(23)12-10-19-15-8-4-5-9-22(15)18(12)24/h4-5,8-11H,2-3,6-7H2,1H3,(H,20,23)/t11-/m0/s1. The molecule has 3 heterocycles. The first-order valence-corrected chi connectivity index (χ1v) is 9.21. The Kier molecular flexibility index (Phi) is 4.09. The zero-order chi connectivity index (χ0) is 17.4. The van der Waals surface area contributed by atoms with Gasteiger partial charge in [-0.3, -0.25) is 14.0 Å². The minimum Gasteiger partial charge on any atom is -0.343 e. The number of nitrogens with one attached hydrogen (secondary N) is 1. The number of nitrogens with zero attached hydrogens (tertiary/aromatic N) is 3. The van der Waals surface area contributed by atoms with E-state index in [1.807, 2.05) is 6.92 Å². The van der Waals surface area contributed by atoms with Crippen LogP contribution in [0.2, 0.25) is 0 Å². The summed E-state index contributed by atoms with van der Waals surface area (Å²) in [5, 5.41) is 3.78. The van der Waals surface area contributed by atoms with Crippen LogP contribution in [-0.2, 0) is 12.8 Å². The summed E-state index contributed by atoms with van der Waals surface area (Å²) in [6.45, 7) is 1.90. The zero-order valence-electron chi connectivity index (χ0n) is 13.9. The molecule has 0 spiro atoms. The number of rotatable bonds is 3. The number of aryl methyl sites for hydroxylation is 2. The second-order valence-electron chi connectivity index (χ2n) is 6.23. The molecule has 128 valence electrons. The van der Waals surface area contributed by atoms with E-state index >= 15 is 0 Å². The number of carbonyl (C=O) groups is 1. The molecule has 1 N–H and O–H groups in total. The van der Waals surface area contributed by atoms with E-state index in [1.54, 1.807) is 35.7 Å². The number of aromatic nitrogens is 3. The highest BCUT2D eigenvalue weighted by atomic mass is 32.1. The van der Waals surface area contributed by atoms with Crippen molar-refractivity contribution in [1.82, 2.24) is 19.7 Å². The van der Waals surface area contributed by atoms with Gasteiger partial charge in [-0.15, -0.1) is 11.3 Å². The Morgan fingerprint density at radius 1 is 1.32 bits per heavy atom. The Hall–Kier alpha value is -2.54. The summed E-state index contributed by atoms with van der Waals surface area (Å²) >= 11 is 1.66. The number of hydrogen-bond donors (Lipinski definition) is 1. The molecule has 7 heteroatoms. The van der Waals surface area contributed by atoms with Crippen molar-refractivity contribution in [2.45, 2.75) is 38.6 Å². The van der Waals surface area contributed by atoms with Crippen molar-refractivity contribution < 1.29 is 4.79 Å². The van der Waals surface area contributed by atoms with Crippen LogP contribution in [0.1, 0.15) is 51.7 Å². The predicted octanol–water partition coefficient (Wildman–Crippen LogP) is 2.52. The van der Waals surface area contributed by atoms with E-state index < -0.39 is 5.91 Å². The number of carbonyl (C=O) groups excluding carboxylic acids is 1. The summed E-state index contributed by atoms with van der Waals surface area (Å²) in [5.41, 5.74) is 1.36. The lowest BCUT2D eigenvalue weighted by Crippen LogP contribution is -2.33. The summed E-state index contributed by atoms with van der Waals surface area (Å²) in [6.07, 6.45) is 7.42. The first-order valence-electron chi connectivity index (χ1n) is 8.39. The van der Waals surface area contributed by atoms with Gasteiger partial charge in [0.15, 0.2) is 0 Å². The van der Waals surface area contributed by atoms with E-state index in [-0.39, 0.29) is 17.2 Å². The van der Waals surface area contributed by atoms with Crippen molar-refractivity contribution in [3.63, 3.8) is 0 Å². The second-order valence-corrected chi connectivity index (χ2v) is 7.35. The molecule has 0 fully saturated rings. The van der Waals surface area contributed by atoms with E-state index in [0.29, 0.717) is 5.65 Å². The summed E-state index contributed by atoms with van der Waals surface area (Å²) in [7, 11) is 0. The Bertz CT molecular complexity index is 984. The van der Waals surface area contributed by atoms with Gasteiger partial charge in [-0.05, 0) is 44.7 Å². The van der Waals surface area contributed by atoms with Crippen molar-refractivity contribution in [1.29, 1.82) is 0 Å². The lowest BCUT2D eigenvalue weighted by Gasteiger charge is -2.11. The highest BCUT2D eigenvalue weighted by Crippen LogP contribution is 2.29. The maximum absolute atomic E-state index is 12.5. The molecule has 25 heavy (non-hydrogen) atoms. The van der Waals surface area contributed by atoms with Crippen LogP contribution in [0, 0.1) is 0 Å². The number of fused-ring (bicyclic) bond motifs is 2. The maximum Gasteiger partial charge on any atom is 0.270 e. The van der Waals surface area contributed by atoms with Crippen molar-refractivity contribution in [2.75, 3.05) is 0 Å². The number of hydrogen-bond acceptors (Lipinski definition) is 5. The van der Waals surface area contributed by atoms with Crippen LogP contribution in [0.3, 0.4) is 0 Å². The van der Waals surface area contributed by atoms with E-state index in [9.17, 15) is 9.59 Å². The smallest absolute Gasteiger partial charge is 0.270 e. The molecule has 0 saturated heterocycles. The Morgan fingerprint density at radius 3 is 3.00 bits per heavy atom. The molecule has 0 unspecified atom stereocenters. The first-order chi connectivity index (χ1) is 12.1. The van der Waals surface area contributed by atoms with Gasteiger partial charge in [-0.25, -0.2) is 9.97 Å². The fraction of sp³-hybridized carbons (Fsp3) is 0.333. The summed E-state index contributed by atoms with van der Waals surface area (Å²) in [4.78, 5) is 35.2. The number of thiazole rings is 1. The quantitative estimate of drug-likeness (QED) is 0.784. The van der Waals surface area contributed by atoms with E-state index in [4.69, 9.17) is 0 Å². The van der Waals surface area contributed by atoms with Crippen LogP contribution in [0.15, 0.2) is 35.4 Å². The highest BCUT2D eigenvalue weighted by molar-refractivity contribution is 7.11. The molecule has 3 aromatic heterocycles. The van der Waals surface area contributed by atoms with Gasteiger partial charge < -0.3 is 5.32 Å². The largest absolute Gasteiger partial charge is 0.343 e. The van der Waals surface area contributed by atoms with Gasteiger partial charge in [0, 0.05) is 17.3 Å². The normalized spacial score (nSPS) is 14.9. The van der Waals surface area contributed by atoms with Gasteiger partial charge in [0.05, 0.1) is 11.7 Å². The molecule has 0 aromatic carbocycles. The van der Waals surface area contributed by atoms with Gasteiger partial charge in [0.25, 0.3) is 11.5 Å². The third-order valence-corrected chi connectivity index (χ3v) is 5.78. The Labute approximate surface area is 148 Å². The third kappa shape index (κ3) is 2.95. The molecule has 1 atom stereocenters. The number of amides is 1. The fourth-order valence-corrected chi connectivity index (χ4v) is 4.23. The van der Waals surface area contributed by atoms with Gasteiger partial charge in [0.1, 0.15) is 16.2 Å².